The number of rotatable bonds is 34. The highest BCUT2D eigenvalue weighted by atomic mass is 31.2. The Morgan fingerprint density at radius 1 is 0.660 bits per heavy atom. The van der Waals surface area contributed by atoms with Crippen molar-refractivity contribution in [2.45, 2.75) is 142 Å². The summed E-state index contributed by atoms with van der Waals surface area (Å²) in [4.78, 5) is 34.8. The summed E-state index contributed by atoms with van der Waals surface area (Å²) in [5.41, 5.74) is 0. The van der Waals surface area contributed by atoms with Gasteiger partial charge in [-0.05, 0) is 50.9 Å². The molecule has 0 heterocycles. The van der Waals surface area contributed by atoms with Crippen molar-refractivity contribution in [3.05, 3.63) is 72.9 Å². The van der Waals surface area contributed by atoms with Crippen molar-refractivity contribution in [2.24, 2.45) is 5.92 Å². The van der Waals surface area contributed by atoms with E-state index in [1.807, 2.05) is 12.2 Å². The normalized spacial score (nSPS) is 15.5. The van der Waals surface area contributed by atoms with Gasteiger partial charge in [0.25, 0.3) is 0 Å². The third-order valence-corrected chi connectivity index (χ3v) is 8.62. The topological polar surface area (TPSA) is 169 Å². The largest absolute Gasteiger partial charge is 0.472 e. The van der Waals surface area contributed by atoms with E-state index in [0.717, 1.165) is 63.7 Å². The van der Waals surface area contributed by atoms with Crippen molar-refractivity contribution in [1.82, 2.24) is 0 Å². The maximum atomic E-state index is 12.5. The molecular formula is C41H69O11P. The Bertz CT molecular complexity index is 1140. The number of unbranched alkanes of at least 4 members (excludes halogenated alkanes) is 6. The highest BCUT2D eigenvalue weighted by Crippen LogP contribution is 2.43. The zero-order valence-electron chi connectivity index (χ0n) is 32.5. The maximum Gasteiger partial charge on any atom is 0.472 e. The fourth-order valence-corrected chi connectivity index (χ4v) is 5.43. The summed E-state index contributed by atoms with van der Waals surface area (Å²) in [6, 6.07) is 0. The molecule has 0 spiro atoms. The smallest absolute Gasteiger partial charge is 0.462 e. The van der Waals surface area contributed by atoms with E-state index in [-0.39, 0.29) is 19.3 Å². The summed E-state index contributed by atoms with van der Waals surface area (Å²) in [6.07, 6.45) is 33.8. The third-order valence-electron chi connectivity index (χ3n) is 7.67. The molecule has 0 aliphatic heterocycles. The number of phosphoric ester groups is 1. The molecule has 0 saturated heterocycles. The van der Waals surface area contributed by atoms with Crippen LogP contribution in [-0.4, -0.2) is 76.9 Å². The predicted molar refractivity (Wildman–Crippen MR) is 211 cm³/mol. The molecule has 4 atom stereocenters. The van der Waals surface area contributed by atoms with Gasteiger partial charge >= 0.3 is 19.8 Å². The van der Waals surface area contributed by atoms with Crippen molar-refractivity contribution in [3.8, 4) is 0 Å². The highest BCUT2D eigenvalue weighted by Gasteiger charge is 2.27. The average Bonchev–Trinajstić information content (AvgIpc) is 3.13. The van der Waals surface area contributed by atoms with Crippen molar-refractivity contribution in [3.63, 3.8) is 0 Å². The minimum atomic E-state index is -4.67. The lowest BCUT2D eigenvalue weighted by atomic mass is 10.0. The Morgan fingerprint density at radius 2 is 1.21 bits per heavy atom. The standard InChI is InChI=1S/C41H69O11P/c1-4-5-6-7-8-9-10-11-12-13-14-15-16-19-22-25-28-37(43)30-31-40(45)49-34-39(35-51-53(47,48)50-33-38(44)32-42)52-41(46)29-26-23-20-17-18-21-24-27-36(2)3/h5-6,8-9,11-12,14-15,19,22,25,28,36-39,42-44H,4,7,10,13,16-18,20-21,23-24,26-27,29-35H2,1-3H3,(H,47,48)/b6-5-,9-8-,12-11-,15-14-,22-19-,28-25-/t37?,38-,39+/m0/s1. The Labute approximate surface area is 319 Å². The zero-order valence-corrected chi connectivity index (χ0v) is 33.4. The van der Waals surface area contributed by atoms with Gasteiger partial charge in [-0.25, -0.2) is 4.57 Å². The van der Waals surface area contributed by atoms with Gasteiger partial charge in [-0.3, -0.25) is 18.6 Å². The Hall–Kier alpha value is -2.63. The average molecular weight is 769 g/mol. The number of aliphatic hydroxyl groups excluding tert-OH is 3. The first-order chi connectivity index (χ1) is 25.5. The maximum absolute atomic E-state index is 12.5. The van der Waals surface area contributed by atoms with Gasteiger partial charge in [0.2, 0.25) is 0 Å². The summed E-state index contributed by atoms with van der Waals surface area (Å²) in [5.74, 6) is -0.501. The van der Waals surface area contributed by atoms with Gasteiger partial charge < -0.3 is 29.7 Å². The number of carbonyl (C=O) groups is 2. The lowest BCUT2D eigenvalue weighted by molar-refractivity contribution is -0.161. The van der Waals surface area contributed by atoms with Crippen molar-refractivity contribution < 1.29 is 52.9 Å². The van der Waals surface area contributed by atoms with Crippen molar-refractivity contribution >= 4 is 19.8 Å². The minimum absolute atomic E-state index is 0.103. The number of carbonyl (C=O) groups excluding carboxylic acids is 2. The first-order valence-electron chi connectivity index (χ1n) is 19.4. The van der Waals surface area contributed by atoms with E-state index in [1.165, 1.54) is 19.3 Å². The van der Waals surface area contributed by atoms with Gasteiger partial charge in [-0.1, -0.05) is 139 Å². The zero-order chi connectivity index (χ0) is 39.4. The van der Waals surface area contributed by atoms with Gasteiger partial charge in [0.15, 0.2) is 6.10 Å². The lowest BCUT2D eigenvalue weighted by Gasteiger charge is -2.20. The Kier molecular flexibility index (Phi) is 33.4. The molecule has 0 aliphatic carbocycles. The minimum Gasteiger partial charge on any atom is -0.462 e. The SMILES string of the molecule is CC/C=C\C/C=C\C/C=C\C/C=C\C/C=C\C=C/C(O)CCC(=O)OC[C@H](COP(=O)(O)OC[C@@H](O)CO)OC(=O)CCCCCCCCCC(C)C. The molecule has 12 heteroatoms. The monoisotopic (exact) mass is 768 g/mol. The van der Waals surface area contributed by atoms with Crippen LogP contribution in [0, 0.1) is 5.92 Å². The molecule has 0 rings (SSSR count). The number of hydrogen-bond donors (Lipinski definition) is 4. The second-order valence-corrected chi connectivity index (χ2v) is 14.7. The van der Waals surface area contributed by atoms with E-state index in [9.17, 15) is 29.3 Å². The third kappa shape index (κ3) is 36.1. The van der Waals surface area contributed by atoms with Crippen molar-refractivity contribution in [2.75, 3.05) is 26.4 Å². The number of ether oxygens (including phenoxy) is 2. The fraction of sp³-hybridized carbons (Fsp3) is 0.659. The summed E-state index contributed by atoms with van der Waals surface area (Å²) < 4.78 is 32.4. The molecular weight excluding hydrogens is 699 g/mol. The lowest BCUT2D eigenvalue weighted by Crippen LogP contribution is -2.30. The second-order valence-electron chi connectivity index (χ2n) is 13.3. The molecule has 0 aliphatic rings. The number of hydrogen-bond acceptors (Lipinski definition) is 10. The van der Waals surface area contributed by atoms with Crippen LogP contribution in [0.15, 0.2) is 72.9 Å². The van der Waals surface area contributed by atoms with Gasteiger partial charge in [-0.15, -0.1) is 0 Å². The van der Waals surface area contributed by atoms with Crippen LogP contribution in [0.1, 0.15) is 124 Å². The molecule has 0 fully saturated rings. The highest BCUT2D eigenvalue weighted by molar-refractivity contribution is 7.47. The fourth-order valence-electron chi connectivity index (χ4n) is 4.64. The first-order valence-corrected chi connectivity index (χ1v) is 20.9. The van der Waals surface area contributed by atoms with E-state index in [0.29, 0.717) is 6.42 Å². The molecule has 0 bridgehead atoms. The molecule has 0 amide bonds. The molecule has 0 aromatic rings. The molecule has 53 heavy (non-hydrogen) atoms. The van der Waals surface area contributed by atoms with Crippen LogP contribution in [0.5, 0.6) is 0 Å². The van der Waals surface area contributed by atoms with Crippen molar-refractivity contribution in [1.29, 1.82) is 0 Å². The summed E-state index contributed by atoms with van der Waals surface area (Å²) in [5, 5.41) is 28.5. The quantitative estimate of drug-likeness (QED) is 0.0163. The van der Waals surface area contributed by atoms with E-state index in [1.54, 1.807) is 12.2 Å². The van der Waals surface area contributed by atoms with E-state index in [2.05, 4.69) is 73.9 Å². The van der Waals surface area contributed by atoms with E-state index >= 15 is 0 Å². The number of allylic oxidation sites excluding steroid dienone is 11. The van der Waals surface area contributed by atoms with Gasteiger partial charge in [-0.2, -0.15) is 0 Å². The van der Waals surface area contributed by atoms with Gasteiger partial charge in [0.1, 0.15) is 12.7 Å². The molecule has 0 saturated carbocycles. The summed E-state index contributed by atoms with van der Waals surface area (Å²) >= 11 is 0. The van der Waals surface area contributed by atoms with Crippen LogP contribution in [-0.2, 0) is 32.7 Å². The predicted octanol–water partition coefficient (Wildman–Crippen LogP) is 8.54. The van der Waals surface area contributed by atoms with Crippen LogP contribution in [0.2, 0.25) is 0 Å². The van der Waals surface area contributed by atoms with Gasteiger partial charge in [0.05, 0.1) is 25.9 Å². The van der Waals surface area contributed by atoms with E-state index in [4.69, 9.17) is 19.1 Å². The number of aliphatic hydroxyl groups is 3. The van der Waals surface area contributed by atoms with Crippen LogP contribution >= 0.6 is 7.82 Å². The molecule has 2 unspecified atom stereocenters. The molecule has 304 valence electrons. The Morgan fingerprint density at radius 3 is 1.79 bits per heavy atom. The molecule has 4 N–H and O–H groups in total. The molecule has 0 radical (unpaired) electrons. The van der Waals surface area contributed by atoms with Crippen LogP contribution in [0.4, 0.5) is 0 Å². The molecule has 0 aromatic heterocycles. The van der Waals surface area contributed by atoms with Crippen LogP contribution in [0.25, 0.3) is 0 Å². The summed E-state index contributed by atoms with van der Waals surface area (Å²) in [7, 11) is -4.67. The first kappa shape index (κ1) is 50.4. The Balaban J connectivity index is 4.59. The van der Waals surface area contributed by atoms with Crippen LogP contribution < -0.4 is 0 Å². The van der Waals surface area contributed by atoms with Gasteiger partial charge in [0, 0.05) is 12.8 Å². The number of phosphoric acid groups is 1. The molecule has 0 aromatic carbocycles. The summed E-state index contributed by atoms with van der Waals surface area (Å²) in [6.45, 7) is 4.19. The second kappa shape index (κ2) is 35.1. The molecule has 11 nitrogen and oxygen atoms in total. The van der Waals surface area contributed by atoms with Crippen LogP contribution in [0.3, 0.4) is 0 Å². The van der Waals surface area contributed by atoms with E-state index < -0.39 is 64.5 Å². The number of esters is 2.